The van der Waals surface area contributed by atoms with Gasteiger partial charge < -0.3 is 5.11 Å². The monoisotopic (exact) mass is 312 g/mol. The first-order valence-corrected chi connectivity index (χ1v) is 9.39. The van der Waals surface area contributed by atoms with Gasteiger partial charge in [0.1, 0.15) is 0 Å². The van der Waals surface area contributed by atoms with E-state index in [0.29, 0.717) is 35.5 Å². The molecule has 4 aliphatic carbocycles. The van der Waals surface area contributed by atoms with E-state index in [-0.39, 0.29) is 18.3 Å². The molecule has 3 fully saturated rings. The van der Waals surface area contributed by atoms with Gasteiger partial charge in [-0.25, -0.2) is 0 Å². The van der Waals surface area contributed by atoms with Gasteiger partial charge in [-0.3, -0.25) is 4.79 Å². The van der Waals surface area contributed by atoms with E-state index >= 15 is 0 Å². The summed E-state index contributed by atoms with van der Waals surface area (Å²) in [5.41, 5.74) is 1.59. The van der Waals surface area contributed by atoms with Crippen molar-refractivity contribution >= 4 is 5.78 Å². The van der Waals surface area contributed by atoms with E-state index in [2.05, 4.69) is 12.8 Å². The summed E-state index contributed by atoms with van der Waals surface area (Å²) in [7, 11) is 0. The maximum Gasteiger partial charge on any atom is 0.155 e. The lowest BCUT2D eigenvalue weighted by Gasteiger charge is -2.55. The van der Waals surface area contributed by atoms with E-state index in [1.807, 2.05) is 6.08 Å². The zero-order valence-corrected chi connectivity index (χ0v) is 14.1. The van der Waals surface area contributed by atoms with Gasteiger partial charge in [-0.15, -0.1) is 12.3 Å². The van der Waals surface area contributed by atoms with Crippen molar-refractivity contribution in [1.29, 1.82) is 0 Å². The molecule has 0 saturated heterocycles. The largest absolute Gasteiger partial charge is 0.396 e. The molecule has 0 bridgehead atoms. The van der Waals surface area contributed by atoms with Crippen molar-refractivity contribution in [3.8, 4) is 12.3 Å². The Labute approximate surface area is 139 Å². The molecule has 2 nitrogen and oxygen atoms in total. The summed E-state index contributed by atoms with van der Waals surface area (Å²) in [4.78, 5) is 11.9. The number of fused-ring (bicyclic) bond motifs is 5. The highest BCUT2D eigenvalue weighted by atomic mass is 16.3. The van der Waals surface area contributed by atoms with Crippen LogP contribution in [0.25, 0.3) is 0 Å². The molecule has 0 aromatic heterocycles. The molecule has 0 radical (unpaired) electrons. The molecule has 0 aliphatic heterocycles. The predicted molar refractivity (Wildman–Crippen MR) is 90.4 cm³/mol. The molecule has 2 heteroatoms. The van der Waals surface area contributed by atoms with Gasteiger partial charge in [0.05, 0.1) is 0 Å². The maximum absolute atomic E-state index is 11.9. The Morgan fingerprint density at radius 3 is 2.87 bits per heavy atom. The van der Waals surface area contributed by atoms with Crippen LogP contribution >= 0.6 is 0 Å². The number of aliphatic hydroxyl groups is 1. The van der Waals surface area contributed by atoms with Crippen LogP contribution in [0.5, 0.6) is 0 Å². The lowest BCUT2D eigenvalue weighted by Crippen LogP contribution is -2.48. The molecule has 23 heavy (non-hydrogen) atoms. The third-order valence-electron chi connectivity index (χ3n) is 7.92. The summed E-state index contributed by atoms with van der Waals surface area (Å²) >= 11 is 0. The van der Waals surface area contributed by atoms with E-state index in [0.717, 1.165) is 18.8 Å². The highest BCUT2D eigenvalue weighted by Gasteiger charge is 2.57. The zero-order chi connectivity index (χ0) is 16.2. The molecule has 1 N–H and O–H groups in total. The van der Waals surface area contributed by atoms with Gasteiger partial charge in [0.15, 0.2) is 5.78 Å². The molecule has 0 aromatic rings. The quantitative estimate of drug-likeness (QED) is 0.751. The molecular weight excluding hydrogens is 284 g/mol. The van der Waals surface area contributed by atoms with Gasteiger partial charge in [0, 0.05) is 24.9 Å². The summed E-state index contributed by atoms with van der Waals surface area (Å²) in [6.45, 7) is 2.62. The fourth-order valence-electron chi connectivity index (χ4n) is 6.79. The Morgan fingerprint density at radius 1 is 1.30 bits per heavy atom. The summed E-state index contributed by atoms with van der Waals surface area (Å²) in [6, 6.07) is 0. The zero-order valence-electron chi connectivity index (χ0n) is 14.1. The minimum Gasteiger partial charge on any atom is -0.396 e. The molecule has 4 rings (SSSR count). The van der Waals surface area contributed by atoms with Crippen LogP contribution in [0.3, 0.4) is 0 Å². The minimum absolute atomic E-state index is 0.195. The summed E-state index contributed by atoms with van der Waals surface area (Å²) in [6.07, 6.45) is 15.4. The average molecular weight is 312 g/mol. The van der Waals surface area contributed by atoms with Gasteiger partial charge in [0.2, 0.25) is 0 Å². The molecule has 0 spiro atoms. The van der Waals surface area contributed by atoms with Gasteiger partial charge >= 0.3 is 0 Å². The van der Waals surface area contributed by atoms with Gasteiger partial charge in [-0.1, -0.05) is 12.5 Å². The van der Waals surface area contributed by atoms with Gasteiger partial charge in [-0.05, 0) is 73.7 Å². The molecular formula is C21H28O2. The highest BCUT2D eigenvalue weighted by Crippen LogP contribution is 2.64. The third kappa shape index (κ3) is 2.16. The number of ketones is 1. The maximum atomic E-state index is 11.9. The number of hydrogen-bond donors (Lipinski definition) is 1. The van der Waals surface area contributed by atoms with E-state index in [1.54, 1.807) is 0 Å². The Bertz CT molecular complexity index is 583. The van der Waals surface area contributed by atoms with Crippen LogP contribution in [0.15, 0.2) is 11.6 Å². The van der Waals surface area contributed by atoms with Gasteiger partial charge in [0.25, 0.3) is 0 Å². The van der Waals surface area contributed by atoms with Crippen molar-refractivity contribution in [1.82, 2.24) is 0 Å². The molecule has 0 amide bonds. The number of carbonyl (C=O) groups excluding carboxylic acids is 1. The number of hydrogen-bond acceptors (Lipinski definition) is 2. The number of aliphatic hydroxyl groups excluding tert-OH is 1. The second-order valence-electron chi connectivity index (χ2n) is 8.65. The Balaban J connectivity index is 1.68. The van der Waals surface area contributed by atoms with Crippen LogP contribution in [0.2, 0.25) is 0 Å². The first-order chi connectivity index (χ1) is 11.1. The number of rotatable bonds is 1. The Kier molecular flexibility index (Phi) is 3.69. The van der Waals surface area contributed by atoms with E-state index < -0.39 is 0 Å². The number of terminal acetylenes is 1. The summed E-state index contributed by atoms with van der Waals surface area (Å²) in [5.74, 6) is 6.66. The van der Waals surface area contributed by atoms with Crippen molar-refractivity contribution in [3.05, 3.63) is 11.6 Å². The van der Waals surface area contributed by atoms with Crippen LogP contribution in [-0.2, 0) is 4.79 Å². The van der Waals surface area contributed by atoms with Gasteiger partial charge in [-0.2, -0.15) is 0 Å². The van der Waals surface area contributed by atoms with Crippen molar-refractivity contribution in [2.75, 3.05) is 6.61 Å². The normalized spacial score (nSPS) is 48.7. The fourth-order valence-corrected chi connectivity index (χ4v) is 6.79. The molecule has 4 aliphatic rings. The van der Waals surface area contributed by atoms with Crippen LogP contribution in [0.4, 0.5) is 0 Å². The number of carbonyl (C=O) groups is 1. The molecule has 0 unspecified atom stereocenters. The first kappa shape index (κ1) is 15.5. The van der Waals surface area contributed by atoms with Crippen LogP contribution < -0.4 is 0 Å². The predicted octanol–water partition coefficient (Wildman–Crippen LogP) is 3.60. The van der Waals surface area contributed by atoms with E-state index in [9.17, 15) is 9.90 Å². The SMILES string of the molecule is C#C[C@H]1CC[C@H]2[C@@H]3C[C@@H](CO)C4=CC(=O)CC[C@@H]4[C@H]3CC[C@]12C. The first-order valence-electron chi connectivity index (χ1n) is 9.39. The van der Waals surface area contributed by atoms with Crippen molar-refractivity contribution < 1.29 is 9.90 Å². The lowest BCUT2D eigenvalue weighted by atomic mass is 9.49. The minimum atomic E-state index is 0.195. The summed E-state index contributed by atoms with van der Waals surface area (Å²) in [5, 5.41) is 9.92. The molecule has 0 heterocycles. The lowest BCUT2D eigenvalue weighted by molar-refractivity contribution is -0.116. The van der Waals surface area contributed by atoms with Crippen molar-refractivity contribution in [2.24, 2.45) is 40.9 Å². The van der Waals surface area contributed by atoms with Crippen LogP contribution in [0.1, 0.15) is 51.9 Å². The Hall–Kier alpha value is -1.07. The van der Waals surface area contributed by atoms with Crippen LogP contribution in [0, 0.1) is 53.3 Å². The summed E-state index contributed by atoms with van der Waals surface area (Å²) < 4.78 is 0. The Morgan fingerprint density at radius 2 is 2.13 bits per heavy atom. The second kappa shape index (κ2) is 5.49. The molecule has 0 aromatic carbocycles. The van der Waals surface area contributed by atoms with E-state index in [1.165, 1.54) is 31.3 Å². The molecule has 3 saturated carbocycles. The van der Waals surface area contributed by atoms with Crippen molar-refractivity contribution in [3.63, 3.8) is 0 Å². The van der Waals surface area contributed by atoms with Crippen molar-refractivity contribution in [2.45, 2.75) is 51.9 Å². The molecule has 124 valence electrons. The van der Waals surface area contributed by atoms with E-state index in [4.69, 9.17) is 6.42 Å². The highest BCUT2D eigenvalue weighted by molar-refractivity contribution is 5.91. The smallest absolute Gasteiger partial charge is 0.155 e. The fraction of sp³-hybridized carbons (Fsp3) is 0.762. The third-order valence-corrected chi connectivity index (χ3v) is 7.92. The van der Waals surface area contributed by atoms with Crippen LogP contribution in [-0.4, -0.2) is 17.5 Å². The standard InChI is InChI=1S/C21H28O2/c1-3-14-4-7-20-19-10-13(12-22)18-11-15(23)5-6-16(18)17(19)8-9-21(14,20)2/h1,11,13-14,16-17,19-20,22H,4-10,12H2,2H3/t13-,14-,16+,17+,19+,20-,21+/m0/s1. The topological polar surface area (TPSA) is 37.3 Å². The molecule has 7 atom stereocenters. The average Bonchev–Trinajstić information content (AvgIpc) is 2.90. The second-order valence-corrected chi connectivity index (χ2v) is 8.65.